The highest BCUT2D eigenvalue weighted by atomic mass is 16.4. The van der Waals surface area contributed by atoms with Gasteiger partial charge in [-0.15, -0.1) is 0 Å². The monoisotopic (exact) mass is 213 g/mol. The molecular formula is C12H23NO2. The minimum Gasteiger partial charge on any atom is -0.480 e. The van der Waals surface area contributed by atoms with Gasteiger partial charge in [-0.3, -0.25) is 4.79 Å². The molecule has 1 aliphatic carbocycles. The molecule has 0 aromatic carbocycles. The SMILES string of the molecule is CC1CCC(CNC(C(=O)O)C(C)C)C1. The van der Waals surface area contributed by atoms with Gasteiger partial charge in [0.1, 0.15) is 6.04 Å². The molecule has 0 aromatic rings. The van der Waals surface area contributed by atoms with E-state index in [1.54, 1.807) is 0 Å². The molecule has 1 aliphatic rings. The Morgan fingerprint density at radius 3 is 2.53 bits per heavy atom. The van der Waals surface area contributed by atoms with E-state index in [2.05, 4.69) is 12.2 Å². The van der Waals surface area contributed by atoms with Gasteiger partial charge in [0, 0.05) is 0 Å². The average Bonchev–Trinajstić information content (AvgIpc) is 2.50. The van der Waals surface area contributed by atoms with Crippen LogP contribution in [0.4, 0.5) is 0 Å². The smallest absolute Gasteiger partial charge is 0.320 e. The normalized spacial score (nSPS) is 28.3. The molecule has 0 aliphatic heterocycles. The van der Waals surface area contributed by atoms with E-state index in [4.69, 9.17) is 5.11 Å². The van der Waals surface area contributed by atoms with E-state index in [9.17, 15) is 4.79 Å². The Hall–Kier alpha value is -0.570. The fourth-order valence-corrected chi connectivity index (χ4v) is 2.41. The molecule has 0 spiro atoms. The maximum absolute atomic E-state index is 10.9. The molecule has 15 heavy (non-hydrogen) atoms. The molecule has 0 amide bonds. The molecule has 3 heteroatoms. The predicted octanol–water partition coefficient (Wildman–Crippen LogP) is 2.12. The standard InChI is InChI=1S/C12H23NO2/c1-8(2)11(12(14)15)13-7-10-5-4-9(3)6-10/h8-11,13H,4-7H2,1-3H3,(H,14,15). The van der Waals surface area contributed by atoms with Crippen LogP contribution in [0.15, 0.2) is 0 Å². The molecule has 0 bridgehead atoms. The molecule has 88 valence electrons. The first-order valence-electron chi connectivity index (χ1n) is 5.97. The molecule has 0 radical (unpaired) electrons. The first kappa shape index (κ1) is 12.5. The molecule has 0 saturated heterocycles. The lowest BCUT2D eigenvalue weighted by molar-refractivity contribution is -0.140. The van der Waals surface area contributed by atoms with E-state index in [0.717, 1.165) is 12.5 Å². The van der Waals surface area contributed by atoms with Crippen molar-refractivity contribution in [3.05, 3.63) is 0 Å². The molecule has 1 rings (SSSR count). The van der Waals surface area contributed by atoms with Crippen molar-refractivity contribution >= 4 is 5.97 Å². The van der Waals surface area contributed by atoms with Crippen LogP contribution in [0.3, 0.4) is 0 Å². The van der Waals surface area contributed by atoms with Gasteiger partial charge >= 0.3 is 5.97 Å². The molecule has 1 saturated carbocycles. The molecule has 3 nitrogen and oxygen atoms in total. The number of nitrogens with one attached hydrogen (secondary N) is 1. The molecular weight excluding hydrogens is 190 g/mol. The third-order valence-electron chi connectivity index (χ3n) is 3.36. The van der Waals surface area contributed by atoms with Crippen LogP contribution in [0.5, 0.6) is 0 Å². The van der Waals surface area contributed by atoms with Crippen LogP contribution in [-0.2, 0) is 4.79 Å². The number of hydrogen-bond donors (Lipinski definition) is 2. The quantitative estimate of drug-likeness (QED) is 0.735. The van der Waals surface area contributed by atoms with Crippen molar-refractivity contribution < 1.29 is 9.90 Å². The third-order valence-corrected chi connectivity index (χ3v) is 3.36. The number of rotatable bonds is 5. The summed E-state index contributed by atoms with van der Waals surface area (Å²) in [4.78, 5) is 10.9. The zero-order valence-corrected chi connectivity index (χ0v) is 9.99. The summed E-state index contributed by atoms with van der Waals surface area (Å²) in [5, 5.41) is 12.2. The Morgan fingerprint density at radius 1 is 1.47 bits per heavy atom. The van der Waals surface area contributed by atoms with E-state index in [0.29, 0.717) is 5.92 Å². The lowest BCUT2D eigenvalue weighted by Gasteiger charge is -2.20. The first-order valence-corrected chi connectivity index (χ1v) is 5.97. The predicted molar refractivity (Wildman–Crippen MR) is 60.8 cm³/mol. The zero-order chi connectivity index (χ0) is 11.4. The Bertz CT molecular complexity index is 216. The largest absolute Gasteiger partial charge is 0.480 e. The van der Waals surface area contributed by atoms with Gasteiger partial charge in [-0.05, 0) is 37.1 Å². The summed E-state index contributed by atoms with van der Waals surface area (Å²) in [5.41, 5.74) is 0. The molecule has 1 fully saturated rings. The van der Waals surface area contributed by atoms with Gasteiger partial charge in [0.2, 0.25) is 0 Å². The summed E-state index contributed by atoms with van der Waals surface area (Å²) < 4.78 is 0. The van der Waals surface area contributed by atoms with Gasteiger partial charge in [-0.1, -0.05) is 27.2 Å². The second-order valence-electron chi connectivity index (χ2n) is 5.25. The summed E-state index contributed by atoms with van der Waals surface area (Å²) in [5.74, 6) is 0.928. The molecule has 0 aromatic heterocycles. The highest BCUT2D eigenvalue weighted by Crippen LogP contribution is 2.29. The van der Waals surface area contributed by atoms with Crippen LogP contribution < -0.4 is 5.32 Å². The number of carboxylic acid groups (broad SMARTS) is 1. The molecule has 2 N–H and O–H groups in total. The van der Waals surface area contributed by atoms with Crippen LogP contribution in [0.1, 0.15) is 40.0 Å². The van der Waals surface area contributed by atoms with Crippen molar-refractivity contribution in [1.82, 2.24) is 5.32 Å². The molecule has 3 atom stereocenters. The van der Waals surface area contributed by atoms with Crippen molar-refractivity contribution in [3.8, 4) is 0 Å². The van der Waals surface area contributed by atoms with Crippen molar-refractivity contribution in [2.75, 3.05) is 6.54 Å². The number of carbonyl (C=O) groups is 1. The van der Waals surface area contributed by atoms with Crippen LogP contribution in [0.2, 0.25) is 0 Å². The fraction of sp³-hybridized carbons (Fsp3) is 0.917. The van der Waals surface area contributed by atoms with Gasteiger partial charge in [-0.25, -0.2) is 0 Å². The van der Waals surface area contributed by atoms with Gasteiger partial charge in [0.25, 0.3) is 0 Å². The highest BCUT2D eigenvalue weighted by Gasteiger charge is 2.25. The lowest BCUT2D eigenvalue weighted by Crippen LogP contribution is -2.42. The fourth-order valence-electron chi connectivity index (χ4n) is 2.41. The summed E-state index contributed by atoms with van der Waals surface area (Å²) in [6.07, 6.45) is 3.79. The number of aliphatic carboxylic acids is 1. The topological polar surface area (TPSA) is 49.3 Å². The lowest BCUT2D eigenvalue weighted by atomic mass is 10.0. The Labute approximate surface area is 92.3 Å². The van der Waals surface area contributed by atoms with E-state index in [1.165, 1.54) is 19.3 Å². The summed E-state index contributed by atoms with van der Waals surface area (Å²) in [6, 6.07) is -0.388. The number of hydrogen-bond acceptors (Lipinski definition) is 2. The van der Waals surface area contributed by atoms with Gasteiger partial charge in [-0.2, -0.15) is 0 Å². The highest BCUT2D eigenvalue weighted by molar-refractivity contribution is 5.73. The van der Waals surface area contributed by atoms with Crippen LogP contribution in [0.25, 0.3) is 0 Å². The van der Waals surface area contributed by atoms with Crippen molar-refractivity contribution in [1.29, 1.82) is 0 Å². The van der Waals surface area contributed by atoms with Crippen LogP contribution in [-0.4, -0.2) is 23.7 Å². The zero-order valence-electron chi connectivity index (χ0n) is 9.99. The average molecular weight is 213 g/mol. The van der Waals surface area contributed by atoms with Crippen molar-refractivity contribution in [2.24, 2.45) is 17.8 Å². The summed E-state index contributed by atoms with van der Waals surface area (Å²) in [6.45, 7) is 7.03. The Morgan fingerprint density at radius 2 is 2.13 bits per heavy atom. The van der Waals surface area contributed by atoms with E-state index < -0.39 is 5.97 Å². The van der Waals surface area contributed by atoms with E-state index in [-0.39, 0.29) is 12.0 Å². The van der Waals surface area contributed by atoms with Crippen molar-refractivity contribution in [3.63, 3.8) is 0 Å². The second kappa shape index (κ2) is 5.50. The number of carboxylic acids is 1. The second-order valence-corrected chi connectivity index (χ2v) is 5.25. The van der Waals surface area contributed by atoms with Crippen LogP contribution in [0, 0.1) is 17.8 Å². The molecule has 3 unspecified atom stereocenters. The van der Waals surface area contributed by atoms with Crippen LogP contribution >= 0.6 is 0 Å². The summed E-state index contributed by atoms with van der Waals surface area (Å²) >= 11 is 0. The minimum absolute atomic E-state index is 0.154. The first-order chi connectivity index (χ1) is 7.00. The van der Waals surface area contributed by atoms with E-state index in [1.807, 2.05) is 13.8 Å². The maximum Gasteiger partial charge on any atom is 0.320 e. The molecule has 0 heterocycles. The van der Waals surface area contributed by atoms with Crippen molar-refractivity contribution in [2.45, 2.75) is 46.1 Å². The maximum atomic E-state index is 10.9. The van der Waals surface area contributed by atoms with Gasteiger partial charge < -0.3 is 10.4 Å². The third kappa shape index (κ3) is 3.82. The van der Waals surface area contributed by atoms with Gasteiger partial charge in [0.05, 0.1) is 0 Å². The van der Waals surface area contributed by atoms with E-state index >= 15 is 0 Å². The Kier molecular flexibility index (Phi) is 4.58. The Balaban J connectivity index is 2.31. The summed E-state index contributed by atoms with van der Waals surface area (Å²) in [7, 11) is 0. The minimum atomic E-state index is -0.726. The van der Waals surface area contributed by atoms with Gasteiger partial charge in [0.15, 0.2) is 0 Å².